The number of nitrogens with zero attached hydrogens (tertiary/aromatic N) is 2. The average Bonchev–Trinajstić information content (AvgIpc) is 3.16. The fourth-order valence-corrected chi connectivity index (χ4v) is 6.12. The van der Waals surface area contributed by atoms with Gasteiger partial charge in [-0.05, 0) is 61.6 Å². The van der Waals surface area contributed by atoms with Crippen molar-refractivity contribution < 1.29 is 32.3 Å². The SMILES string of the molecule is CCOC(=O)C1C2CN(C(=O)c3ccc(Cl)c(C(=O)c4cc5c(C)cc(C(F)(F)F)cc5n4C)c3Cl)CC21. The van der Waals surface area contributed by atoms with Gasteiger partial charge >= 0.3 is 12.1 Å². The molecule has 0 bridgehead atoms. The zero-order chi connectivity index (χ0) is 27.7. The van der Waals surface area contributed by atoms with Crippen LogP contribution in [0.3, 0.4) is 0 Å². The molecular weight excluding hydrogens is 544 g/mol. The summed E-state index contributed by atoms with van der Waals surface area (Å²) in [4.78, 5) is 40.5. The zero-order valence-electron chi connectivity index (χ0n) is 20.7. The molecule has 1 aliphatic heterocycles. The molecule has 1 aromatic heterocycles. The van der Waals surface area contributed by atoms with Gasteiger partial charge in [0.05, 0.1) is 45.0 Å². The van der Waals surface area contributed by atoms with Crippen LogP contribution in [0.1, 0.15) is 44.5 Å². The maximum Gasteiger partial charge on any atom is 0.416 e. The lowest BCUT2D eigenvalue weighted by atomic mass is 10.0. The summed E-state index contributed by atoms with van der Waals surface area (Å²) in [7, 11) is 1.49. The number of piperidine rings is 1. The molecule has 2 atom stereocenters. The van der Waals surface area contributed by atoms with Crippen molar-refractivity contribution in [3.8, 4) is 0 Å². The number of fused-ring (bicyclic) bond motifs is 2. The molecule has 1 amide bonds. The number of esters is 1. The fraction of sp³-hybridized carbons (Fsp3) is 0.370. The summed E-state index contributed by atoms with van der Waals surface area (Å²) in [5.74, 6) is -1.40. The number of alkyl halides is 3. The van der Waals surface area contributed by atoms with E-state index in [9.17, 15) is 27.6 Å². The van der Waals surface area contributed by atoms with Gasteiger partial charge in [0.2, 0.25) is 5.78 Å². The molecule has 38 heavy (non-hydrogen) atoms. The van der Waals surface area contributed by atoms with Crippen LogP contribution in [0.15, 0.2) is 30.3 Å². The van der Waals surface area contributed by atoms with E-state index in [0.29, 0.717) is 30.6 Å². The molecule has 3 aromatic rings. The quantitative estimate of drug-likeness (QED) is 0.284. The Kier molecular flexibility index (Phi) is 6.51. The first kappa shape index (κ1) is 26.6. The van der Waals surface area contributed by atoms with Gasteiger partial charge < -0.3 is 14.2 Å². The Bertz CT molecular complexity index is 1500. The first-order chi connectivity index (χ1) is 17.8. The Morgan fingerprint density at radius 3 is 2.34 bits per heavy atom. The standard InChI is InChI=1S/C27H23Cl2F3N2O4/c1-4-38-26(37)21-16-10-34(11-17(16)21)25(36)14-5-6-18(28)22(23(14)29)24(35)20-9-15-12(2)7-13(27(30,31)32)8-19(15)33(20)3/h5-9,16-17,21H,4,10-11H2,1-3H3. The lowest BCUT2D eigenvalue weighted by molar-refractivity contribution is -0.145. The summed E-state index contributed by atoms with van der Waals surface area (Å²) in [6.45, 7) is 4.33. The van der Waals surface area contributed by atoms with Gasteiger partial charge in [-0.3, -0.25) is 14.4 Å². The van der Waals surface area contributed by atoms with Crippen LogP contribution in [-0.2, 0) is 22.8 Å². The molecule has 0 N–H and O–H groups in total. The van der Waals surface area contributed by atoms with Crippen LogP contribution in [-0.4, -0.2) is 46.8 Å². The number of aromatic nitrogens is 1. The summed E-state index contributed by atoms with van der Waals surface area (Å²) < 4.78 is 46.5. The lowest BCUT2D eigenvalue weighted by Gasteiger charge is -2.21. The van der Waals surface area contributed by atoms with Gasteiger partial charge in [0.15, 0.2) is 0 Å². The molecule has 2 fully saturated rings. The van der Waals surface area contributed by atoms with E-state index >= 15 is 0 Å². The molecule has 2 heterocycles. The van der Waals surface area contributed by atoms with Crippen molar-refractivity contribution >= 4 is 51.8 Å². The third-order valence-corrected chi connectivity index (χ3v) is 8.22. The van der Waals surface area contributed by atoms with Crippen LogP contribution >= 0.6 is 23.2 Å². The number of benzene rings is 2. The van der Waals surface area contributed by atoms with Crippen molar-refractivity contribution in [3.63, 3.8) is 0 Å². The van der Waals surface area contributed by atoms with Gasteiger partial charge in [-0.15, -0.1) is 0 Å². The third kappa shape index (κ3) is 4.25. The van der Waals surface area contributed by atoms with Crippen molar-refractivity contribution in [2.24, 2.45) is 24.8 Å². The molecular formula is C27H23Cl2F3N2O4. The van der Waals surface area contributed by atoms with E-state index in [-0.39, 0.29) is 56.1 Å². The van der Waals surface area contributed by atoms with E-state index in [2.05, 4.69) is 0 Å². The predicted molar refractivity (Wildman–Crippen MR) is 136 cm³/mol. The molecule has 200 valence electrons. The van der Waals surface area contributed by atoms with E-state index in [1.807, 2.05) is 0 Å². The molecule has 1 aliphatic carbocycles. The monoisotopic (exact) mass is 566 g/mol. The number of hydrogen-bond donors (Lipinski definition) is 0. The van der Waals surface area contributed by atoms with E-state index in [1.165, 1.54) is 36.7 Å². The Hall–Kier alpha value is -3.04. The van der Waals surface area contributed by atoms with Crippen LogP contribution in [0.2, 0.25) is 10.0 Å². The number of aryl methyl sites for hydroxylation is 2. The number of ketones is 1. The Balaban J connectivity index is 1.45. The van der Waals surface area contributed by atoms with Crippen LogP contribution in [0, 0.1) is 24.7 Å². The number of halogens is 5. The molecule has 5 rings (SSSR count). The number of ether oxygens (including phenoxy) is 1. The minimum absolute atomic E-state index is 0.0150. The highest BCUT2D eigenvalue weighted by atomic mass is 35.5. The van der Waals surface area contributed by atoms with Gasteiger partial charge in [0.1, 0.15) is 0 Å². The van der Waals surface area contributed by atoms with Crippen LogP contribution in [0.5, 0.6) is 0 Å². The van der Waals surface area contributed by atoms with Crippen molar-refractivity contribution in [1.29, 1.82) is 0 Å². The molecule has 1 saturated carbocycles. The maximum absolute atomic E-state index is 13.6. The first-order valence-electron chi connectivity index (χ1n) is 12.0. The summed E-state index contributed by atoms with van der Waals surface area (Å²) in [5.41, 5.74) is -0.169. The summed E-state index contributed by atoms with van der Waals surface area (Å²) >= 11 is 12.9. The second-order valence-electron chi connectivity index (χ2n) is 9.74. The number of rotatable bonds is 5. The highest BCUT2D eigenvalue weighted by molar-refractivity contribution is 6.42. The molecule has 2 aromatic carbocycles. The van der Waals surface area contributed by atoms with Gasteiger partial charge in [-0.25, -0.2) is 0 Å². The lowest BCUT2D eigenvalue weighted by Crippen LogP contribution is -2.33. The number of likely N-dealkylation sites (tertiary alicyclic amines) is 1. The predicted octanol–water partition coefficient (Wildman–Crippen LogP) is 5.92. The zero-order valence-corrected chi connectivity index (χ0v) is 22.2. The minimum Gasteiger partial charge on any atom is -0.466 e. The van der Waals surface area contributed by atoms with Crippen LogP contribution in [0.25, 0.3) is 10.9 Å². The third-order valence-electron chi connectivity index (χ3n) is 7.52. The van der Waals surface area contributed by atoms with E-state index in [0.717, 1.165) is 12.1 Å². The second-order valence-corrected chi connectivity index (χ2v) is 10.5. The van der Waals surface area contributed by atoms with Crippen molar-refractivity contribution in [3.05, 3.63) is 68.3 Å². The Morgan fingerprint density at radius 2 is 1.74 bits per heavy atom. The van der Waals surface area contributed by atoms with Crippen molar-refractivity contribution in [2.75, 3.05) is 19.7 Å². The number of carbonyl (C=O) groups is 3. The molecule has 11 heteroatoms. The molecule has 0 radical (unpaired) electrons. The smallest absolute Gasteiger partial charge is 0.416 e. The fourth-order valence-electron chi connectivity index (χ4n) is 5.49. The summed E-state index contributed by atoms with van der Waals surface area (Å²) in [5, 5.41) is 0.366. The molecule has 2 aliphatic rings. The highest BCUT2D eigenvalue weighted by Crippen LogP contribution is 2.52. The molecule has 6 nitrogen and oxygen atoms in total. The second kappa shape index (κ2) is 9.31. The number of hydrogen-bond acceptors (Lipinski definition) is 4. The van der Waals surface area contributed by atoms with E-state index in [1.54, 1.807) is 11.8 Å². The van der Waals surface area contributed by atoms with Crippen molar-refractivity contribution in [1.82, 2.24) is 9.47 Å². The summed E-state index contributed by atoms with van der Waals surface area (Å²) in [6.07, 6.45) is -4.54. The van der Waals surface area contributed by atoms with Gasteiger partial charge in [0.25, 0.3) is 5.91 Å². The van der Waals surface area contributed by atoms with Crippen molar-refractivity contribution in [2.45, 2.75) is 20.0 Å². The normalized spacial score (nSPS) is 20.5. The first-order valence-corrected chi connectivity index (χ1v) is 12.8. The van der Waals surface area contributed by atoms with Gasteiger partial charge in [0, 0.05) is 31.0 Å². The number of amides is 1. The average molecular weight is 567 g/mol. The minimum atomic E-state index is -4.54. The topological polar surface area (TPSA) is 68.6 Å². The van der Waals surface area contributed by atoms with Crippen LogP contribution < -0.4 is 0 Å². The Labute approximate surface area is 226 Å². The van der Waals surface area contributed by atoms with E-state index in [4.69, 9.17) is 27.9 Å². The largest absolute Gasteiger partial charge is 0.466 e. The molecule has 0 spiro atoms. The van der Waals surface area contributed by atoms with Gasteiger partial charge in [-0.2, -0.15) is 13.2 Å². The number of carbonyl (C=O) groups excluding carboxylic acids is 3. The Morgan fingerprint density at radius 1 is 1.08 bits per heavy atom. The van der Waals surface area contributed by atoms with Crippen LogP contribution in [0.4, 0.5) is 13.2 Å². The summed E-state index contributed by atoms with van der Waals surface area (Å²) in [6, 6.07) is 6.37. The van der Waals surface area contributed by atoms with Gasteiger partial charge in [-0.1, -0.05) is 23.2 Å². The maximum atomic E-state index is 13.6. The highest BCUT2D eigenvalue weighted by Gasteiger charge is 2.61. The molecule has 1 saturated heterocycles. The molecule has 2 unspecified atom stereocenters. The van der Waals surface area contributed by atoms with E-state index < -0.39 is 23.4 Å².